The Hall–Kier alpha value is -0.360. The number of carbonyl (C=O) groups is 1. The molecule has 1 amide bonds. The molecule has 2 bridgehead atoms. The van der Waals surface area contributed by atoms with Gasteiger partial charge >= 0.3 is 0 Å². The Morgan fingerprint density at radius 3 is 2.44 bits per heavy atom. The molecule has 144 valence electrons. The van der Waals surface area contributed by atoms with Crippen LogP contribution in [-0.2, 0) is 6.42 Å². The molecule has 2 unspecified atom stereocenters. The van der Waals surface area contributed by atoms with Gasteiger partial charge in [-0.05, 0) is 56.8 Å². The van der Waals surface area contributed by atoms with Crippen molar-refractivity contribution in [3.05, 3.63) is 15.6 Å². The third-order valence-corrected chi connectivity index (χ3v) is 6.30. The Bertz CT molecular complexity index is 565. The Kier molecular flexibility index (Phi) is 8.65. The quantitative estimate of drug-likeness (QED) is 0.787. The molecule has 25 heavy (non-hydrogen) atoms. The number of rotatable bonds is 4. The van der Waals surface area contributed by atoms with Crippen LogP contribution in [0.5, 0.6) is 0 Å². The molecule has 3 N–H and O–H groups in total. The van der Waals surface area contributed by atoms with Crippen molar-refractivity contribution < 1.29 is 4.79 Å². The van der Waals surface area contributed by atoms with Crippen molar-refractivity contribution in [3.63, 3.8) is 0 Å². The summed E-state index contributed by atoms with van der Waals surface area (Å²) in [5.41, 5.74) is 7.16. The van der Waals surface area contributed by atoms with Crippen molar-refractivity contribution in [2.45, 2.75) is 71.4 Å². The molecular formula is C18H31Cl2N3OS. The van der Waals surface area contributed by atoms with Crippen LogP contribution in [-0.4, -0.2) is 23.0 Å². The maximum atomic E-state index is 12.9. The number of nitrogens with one attached hydrogen (secondary N) is 1. The molecule has 2 saturated carbocycles. The van der Waals surface area contributed by atoms with Crippen LogP contribution in [0.15, 0.2) is 0 Å². The second kappa shape index (κ2) is 9.54. The number of amides is 1. The van der Waals surface area contributed by atoms with Crippen LogP contribution in [0.2, 0.25) is 0 Å². The first-order chi connectivity index (χ1) is 10.9. The average Bonchev–Trinajstić information content (AvgIpc) is 2.79. The fraction of sp³-hybridized carbons (Fsp3) is 0.778. The Morgan fingerprint density at radius 1 is 1.28 bits per heavy atom. The maximum absolute atomic E-state index is 12.9. The third-order valence-electron chi connectivity index (χ3n) is 5.29. The highest BCUT2D eigenvalue weighted by Crippen LogP contribution is 2.40. The van der Waals surface area contributed by atoms with E-state index in [2.05, 4.69) is 24.1 Å². The number of thiazole rings is 1. The van der Waals surface area contributed by atoms with Crippen molar-refractivity contribution in [2.24, 2.45) is 23.5 Å². The second-order valence-corrected chi connectivity index (χ2v) is 8.99. The molecule has 0 aliphatic heterocycles. The molecule has 2 aliphatic rings. The van der Waals surface area contributed by atoms with Crippen molar-refractivity contribution >= 4 is 42.1 Å². The van der Waals surface area contributed by atoms with Gasteiger partial charge in [-0.2, -0.15) is 0 Å². The topological polar surface area (TPSA) is 68.0 Å². The number of aromatic nitrogens is 1. The fourth-order valence-electron chi connectivity index (χ4n) is 4.41. The lowest BCUT2D eigenvalue weighted by Gasteiger charge is -2.45. The number of hydrogen-bond donors (Lipinski definition) is 2. The SMILES string of the molecule is Cc1nc(CC(C)C)c(C(=O)NC2C3CCCC2CC(N)C3)s1.Cl.Cl. The minimum atomic E-state index is 0. The highest BCUT2D eigenvalue weighted by molar-refractivity contribution is 7.13. The van der Waals surface area contributed by atoms with Crippen LogP contribution >= 0.6 is 36.2 Å². The molecule has 1 aromatic rings. The van der Waals surface area contributed by atoms with Crippen LogP contribution in [0, 0.1) is 24.7 Å². The minimum Gasteiger partial charge on any atom is -0.348 e. The first-order valence-corrected chi connectivity index (χ1v) is 9.78. The van der Waals surface area contributed by atoms with E-state index in [-0.39, 0.29) is 30.7 Å². The summed E-state index contributed by atoms with van der Waals surface area (Å²) in [7, 11) is 0. The number of nitrogens with two attached hydrogens (primary N) is 1. The van der Waals surface area contributed by atoms with E-state index in [0.717, 1.165) is 34.8 Å². The summed E-state index contributed by atoms with van der Waals surface area (Å²) >= 11 is 1.53. The molecular weight excluding hydrogens is 377 g/mol. The minimum absolute atomic E-state index is 0. The number of hydrogen-bond acceptors (Lipinski definition) is 4. The third kappa shape index (κ3) is 5.31. The zero-order valence-electron chi connectivity index (χ0n) is 15.3. The summed E-state index contributed by atoms with van der Waals surface area (Å²) in [6.45, 7) is 6.33. The molecule has 4 nitrogen and oxygen atoms in total. The molecule has 0 spiro atoms. The first kappa shape index (κ1) is 22.7. The summed E-state index contributed by atoms with van der Waals surface area (Å²) in [5, 5.41) is 4.34. The molecule has 2 atom stereocenters. The highest BCUT2D eigenvalue weighted by atomic mass is 35.5. The van der Waals surface area contributed by atoms with Crippen molar-refractivity contribution in [1.29, 1.82) is 0 Å². The van der Waals surface area contributed by atoms with Crippen LogP contribution in [0.4, 0.5) is 0 Å². The van der Waals surface area contributed by atoms with E-state index in [9.17, 15) is 4.79 Å². The first-order valence-electron chi connectivity index (χ1n) is 8.96. The van der Waals surface area contributed by atoms with E-state index in [1.807, 2.05) is 6.92 Å². The molecule has 0 saturated heterocycles. The van der Waals surface area contributed by atoms with Gasteiger partial charge in [0.1, 0.15) is 4.88 Å². The van der Waals surface area contributed by atoms with Gasteiger partial charge in [0, 0.05) is 12.1 Å². The number of carbonyl (C=O) groups excluding carboxylic acids is 1. The molecule has 0 radical (unpaired) electrons. The number of halogens is 2. The Balaban J connectivity index is 0.00000156. The molecule has 0 aromatic carbocycles. The van der Waals surface area contributed by atoms with Gasteiger partial charge in [0.15, 0.2) is 0 Å². The summed E-state index contributed by atoms with van der Waals surface area (Å²) in [4.78, 5) is 18.3. The van der Waals surface area contributed by atoms with Gasteiger partial charge in [-0.15, -0.1) is 36.2 Å². The van der Waals surface area contributed by atoms with Crippen molar-refractivity contribution in [1.82, 2.24) is 10.3 Å². The maximum Gasteiger partial charge on any atom is 0.263 e. The fourth-order valence-corrected chi connectivity index (χ4v) is 5.26. The van der Waals surface area contributed by atoms with Gasteiger partial charge in [0.25, 0.3) is 5.91 Å². The zero-order chi connectivity index (χ0) is 16.6. The lowest BCUT2D eigenvalue weighted by atomic mass is 9.67. The van der Waals surface area contributed by atoms with E-state index >= 15 is 0 Å². The zero-order valence-corrected chi connectivity index (χ0v) is 17.7. The highest BCUT2D eigenvalue weighted by Gasteiger charge is 2.40. The lowest BCUT2D eigenvalue weighted by Crippen LogP contribution is -2.53. The number of fused-ring (bicyclic) bond motifs is 2. The van der Waals surface area contributed by atoms with Crippen LogP contribution in [0.3, 0.4) is 0 Å². The second-order valence-electron chi connectivity index (χ2n) is 7.79. The predicted molar refractivity (Wildman–Crippen MR) is 109 cm³/mol. The summed E-state index contributed by atoms with van der Waals surface area (Å²) in [6, 6.07) is 0.631. The summed E-state index contributed by atoms with van der Waals surface area (Å²) in [6.07, 6.45) is 6.68. The number of aryl methyl sites for hydroxylation is 1. The van der Waals surface area contributed by atoms with Gasteiger partial charge in [-0.3, -0.25) is 4.79 Å². The van der Waals surface area contributed by atoms with Gasteiger partial charge in [0.2, 0.25) is 0 Å². The van der Waals surface area contributed by atoms with E-state index < -0.39 is 0 Å². The lowest BCUT2D eigenvalue weighted by molar-refractivity contribution is 0.0758. The monoisotopic (exact) mass is 407 g/mol. The van der Waals surface area contributed by atoms with Crippen LogP contribution in [0.1, 0.15) is 66.3 Å². The molecule has 1 aromatic heterocycles. The van der Waals surface area contributed by atoms with E-state index in [0.29, 0.717) is 29.8 Å². The van der Waals surface area contributed by atoms with Gasteiger partial charge in [-0.25, -0.2) is 4.98 Å². The van der Waals surface area contributed by atoms with Gasteiger partial charge in [-0.1, -0.05) is 20.3 Å². The van der Waals surface area contributed by atoms with Crippen LogP contribution < -0.4 is 11.1 Å². The van der Waals surface area contributed by atoms with Crippen molar-refractivity contribution in [3.8, 4) is 0 Å². The molecule has 2 aliphatic carbocycles. The van der Waals surface area contributed by atoms with E-state index in [1.54, 1.807) is 0 Å². The Labute approximate surface area is 167 Å². The van der Waals surface area contributed by atoms with Gasteiger partial charge < -0.3 is 11.1 Å². The average molecular weight is 408 g/mol. The molecule has 1 heterocycles. The smallest absolute Gasteiger partial charge is 0.263 e. The summed E-state index contributed by atoms with van der Waals surface area (Å²) < 4.78 is 0. The molecule has 3 rings (SSSR count). The Morgan fingerprint density at radius 2 is 1.88 bits per heavy atom. The molecule has 7 heteroatoms. The van der Waals surface area contributed by atoms with Gasteiger partial charge in [0.05, 0.1) is 10.7 Å². The van der Waals surface area contributed by atoms with Crippen molar-refractivity contribution in [2.75, 3.05) is 0 Å². The van der Waals surface area contributed by atoms with Crippen LogP contribution in [0.25, 0.3) is 0 Å². The predicted octanol–water partition coefficient (Wildman–Crippen LogP) is 4.13. The molecule has 2 fully saturated rings. The standard InChI is InChI=1S/C18H29N3OS.2ClH/c1-10(2)7-15-17(23-11(3)20-15)18(22)21-16-12-5-4-6-13(16)9-14(19)8-12;;/h10,12-14,16H,4-9,19H2,1-3H3,(H,21,22);2*1H. The van der Waals surface area contributed by atoms with E-state index in [1.165, 1.54) is 30.6 Å². The number of nitrogens with zero attached hydrogens (tertiary/aromatic N) is 1. The summed E-state index contributed by atoms with van der Waals surface area (Å²) in [5.74, 6) is 1.71. The van der Waals surface area contributed by atoms with E-state index in [4.69, 9.17) is 5.73 Å². The largest absolute Gasteiger partial charge is 0.348 e. The normalized spacial score (nSPS) is 28.0.